The average Bonchev–Trinajstić information content (AvgIpc) is 3.08. The molecule has 0 saturated carbocycles. The summed E-state index contributed by atoms with van der Waals surface area (Å²) in [6, 6.07) is 37.1. The first-order valence-electron chi connectivity index (χ1n) is 14.3. The second-order valence-electron chi connectivity index (χ2n) is 10.1. The van der Waals surface area contributed by atoms with E-state index in [1.165, 1.54) is 6.08 Å². The van der Waals surface area contributed by atoms with E-state index in [4.69, 9.17) is 27.9 Å². The number of hydrogen-bond donors (Lipinski definition) is 2. The molecule has 0 bridgehead atoms. The summed E-state index contributed by atoms with van der Waals surface area (Å²) in [7, 11) is 0. The Morgan fingerprint density at radius 1 is 0.717 bits per heavy atom. The highest BCUT2D eigenvalue weighted by Crippen LogP contribution is 2.23. The molecule has 0 radical (unpaired) electrons. The van der Waals surface area contributed by atoms with Crippen LogP contribution in [0.4, 0.5) is 5.69 Å². The molecule has 0 spiro atoms. The first-order chi connectivity index (χ1) is 22.3. The predicted octanol–water partition coefficient (Wildman–Crippen LogP) is 8.88. The summed E-state index contributed by atoms with van der Waals surface area (Å²) in [6.45, 7) is 0.425. The standard InChI is InChI=1S/C38H28Cl2N2O4/c39-31-17-13-28(34(40)24-31)16-22-36(43)29-14-18-32(19-15-29)41-38(45)35(42-37(44)30-9-5-2-6-10-30)23-26-11-20-33(21-12-26)46-25-27-7-3-1-4-8-27/h1-24H,25H2,(H,41,45)(H,42,44)/b22-16+,35-23-. The van der Waals surface area contributed by atoms with Crippen LogP contribution >= 0.6 is 23.2 Å². The summed E-state index contributed by atoms with van der Waals surface area (Å²) in [5.41, 5.74) is 3.69. The number of benzene rings is 5. The zero-order valence-electron chi connectivity index (χ0n) is 24.5. The SMILES string of the molecule is O=C(Nc1ccc(C(=O)/C=C/c2ccc(Cl)cc2Cl)cc1)/C(=C/c1ccc(OCc2ccccc2)cc1)NC(=O)c1ccccc1. The van der Waals surface area contributed by atoms with Crippen molar-refractivity contribution in [2.24, 2.45) is 0 Å². The minimum Gasteiger partial charge on any atom is -0.489 e. The van der Waals surface area contributed by atoms with Crippen molar-refractivity contribution in [1.29, 1.82) is 0 Å². The van der Waals surface area contributed by atoms with Gasteiger partial charge in [0.2, 0.25) is 0 Å². The Hall–Kier alpha value is -5.43. The van der Waals surface area contributed by atoms with Gasteiger partial charge in [0, 0.05) is 26.9 Å². The lowest BCUT2D eigenvalue weighted by Gasteiger charge is -2.12. The molecule has 0 atom stereocenters. The van der Waals surface area contributed by atoms with Gasteiger partial charge in [0.15, 0.2) is 5.78 Å². The number of carbonyl (C=O) groups is 3. The van der Waals surface area contributed by atoms with E-state index in [9.17, 15) is 14.4 Å². The number of carbonyl (C=O) groups excluding carboxylic acids is 3. The summed E-state index contributed by atoms with van der Waals surface area (Å²) < 4.78 is 5.87. The van der Waals surface area contributed by atoms with Crippen molar-refractivity contribution in [3.8, 4) is 5.75 Å². The number of halogens is 2. The van der Waals surface area contributed by atoms with E-state index >= 15 is 0 Å². The van der Waals surface area contributed by atoms with E-state index in [-0.39, 0.29) is 11.5 Å². The lowest BCUT2D eigenvalue weighted by atomic mass is 10.1. The number of amides is 2. The molecule has 228 valence electrons. The van der Waals surface area contributed by atoms with E-state index in [1.807, 2.05) is 30.3 Å². The van der Waals surface area contributed by atoms with E-state index in [2.05, 4.69) is 10.6 Å². The predicted molar refractivity (Wildman–Crippen MR) is 184 cm³/mol. The number of anilines is 1. The average molecular weight is 648 g/mol. The zero-order chi connectivity index (χ0) is 32.3. The highest BCUT2D eigenvalue weighted by molar-refractivity contribution is 6.35. The lowest BCUT2D eigenvalue weighted by Crippen LogP contribution is -2.30. The smallest absolute Gasteiger partial charge is 0.272 e. The second kappa shape index (κ2) is 15.5. The van der Waals surface area contributed by atoms with Crippen molar-refractivity contribution in [2.45, 2.75) is 6.61 Å². The summed E-state index contributed by atoms with van der Waals surface area (Å²) in [5, 5.41) is 6.47. The van der Waals surface area contributed by atoms with Crippen LogP contribution in [-0.4, -0.2) is 17.6 Å². The molecule has 5 rings (SSSR count). The monoisotopic (exact) mass is 646 g/mol. The second-order valence-corrected chi connectivity index (χ2v) is 11.0. The van der Waals surface area contributed by atoms with Crippen molar-refractivity contribution >= 4 is 58.6 Å². The van der Waals surface area contributed by atoms with Gasteiger partial charge in [-0.1, -0.05) is 89.9 Å². The van der Waals surface area contributed by atoms with Gasteiger partial charge in [0.05, 0.1) is 0 Å². The van der Waals surface area contributed by atoms with Gasteiger partial charge in [-0.15, -0.1) is 0 Å². The molecule has 8 heteroatoms. The molecule has 0 aromatic heterocycles. The first kappa shape index (κ1) is 32.0. The van der Waals surface area contributed by atoms with Gasteiger partial charge in [0.1, 0.15) is 18.1 Å². The molecular weight excluding hydrogens is 619 g/mol. The molecule has 0 heterocycles. The third-order valence-corrected chi connectivity index (χ3v) is 7.33. The quantitative estimate of drug-likeness (QED) is 0.111. The normalized spacial score (nSPS) is 11.2. The van der Waals surface area contributed by atoms with Crippen molar-refractivity contribution in [1.82, 2.24) is 5.32 Å². The van der Waals surface area contributed by atoms with E-state index in [1.54, 1.807) is 109 Å². The van der Waals surface area contributed by atoms with E-state index in [0.717, 1.165) is 5.56 Å². The highest BCUT2D eigenvalue weighted by atomic mass is 35.5. The Bertz CT molecular complexity index is 1890. The van der Waals surface area contributed by atoms with Crippen molar-refractivity contribution in [2.75, 3.05) is 5.32 Å². The maximum absolute atomic E-state index is 13.4. The van der Waals surface area contributed by atoms with Crippen LogP contribution in [0.15, 0.2) is 139 Å². The third kappa shape index (κ3) is 9.05. The fraction of sp³-hybridized carbons (Fsp3) is 0.0263. The number of rotatable bonds is 11. The zero-order valence-corrected chi connectivity index (χ0v) is 26.0. The molecule has 6 nitrogen and oxygen atoms in total. The first-order valence-corrected chi connectivity index (χ1v) is 15.0. The summed E-state index contributed by atoms with van der Waals surface area (Å²) in [6.07, 6.45) is 4.62. The summed E-state index contributed by atoms with van der Waals surface area (Å²) in [5.74, 6) is -0.541. The van der Waals surface area contributed by atoms with Crippen LogP contribution in [0.1, 0.15) is 37.4 Å². The van der Waals surface area contributed by atoms with Crippen molar-refractivity contribution in [3.63, 3.8) is 0 Å². The van der Waals surface area contributed by atoms with Gasteiger partial charge < -0.3 is 15.4 Å². The minimum atomic E-state index is -0.537. The molecule has 0 aliphatic carbocycles. The van der Waals surface area contributed by atoms with Crippen LogP contribution < -0.4 is 15.4 Å². The number of nitrogens with one attached hydrogen (secondary N) is 2. The van der Waals surface area contributed by atoms with Crippen LogP contribution in [0.25, 0.3) is 12.2 Å². The molecular formula is C38H28Cl2N2O4. The van der Waals surface area contributed by atoms with Gasteiger partial charge >= 0.3 is 0 Å². The number of hydrogen-bond acceptors (Lipinski definition) is 4. The molecule has 0 aliphatic rings. The third-order valence-electron chi connectivity index (χ3n) is 6.77. The number of allylic oxidation sites excluding steroid dienone is 1. The van der Waals surface area contributed by atoms with Crippen LogP contribution in [-0.2, 0) is 11.4 Å². The molecule has 2 amide bonds. The molecule has 0 fully saturated rings. The largest absolute Gasteiger partial charge is 0.489 e. The van der Waals surface area contributed by atoms with Crippen LogP contribution in [0.2, 0.25) is 10.0 Å². The van der Waals surface area contributed by atoms with Gasteiger partial charge in [0.25, 0.3) is 11.8 Å². The molecule has 5 aromatic rings. The molecule has 0 aliphatic heterocycles. The van der Waals surface area contributed by atoms with Crippen LogP contribution in [0.3, 0.4) is 0 Å². The van der Waals surface area contributed by atoms with Gasteiger partial charge in [-0.3, -0.25) is 14.4 Å². The number of ketones is 1. The Morgan fingerprint density at radius 2 is 1.39 bits per heavy atom. The maximum Gasteiger partial charge on any atom is 0.272 e. The summed E-state index contributed by atoms with van der Waals surface area (Å²) >= 11 is 12.1. The van der Waals surface area contributed by atoms with E-state index in [0.29, 0.717) is 50.3 Å². The molecule has 46 heavy (non-hydrogen) atoms. The van der Waals surface area contributed by atoms with Crippen LogP contribution in [0, 0.1) is 0 Å². The topological polar surface area (TPSA) is 84.5 Å². The number of ether oxygens (including phenoxy) is 1. The molecule has 0 unspecified atom stereocenters. The van der Waals surface area contributed by atoms with Crippen molar-refractivity contribution in [3.05, 3.63) is 177 Å². The van der Waals surface area contributed by atoms with E-state index < -0.39 is 11.8 Å². The lowest BCUT2D eigenvalue weighted by molar-refractivity contribution is -0.113. The maximum atomic E-state index is 13.4. The fourth-order valence-electron chi connectivity index (χ4n) is 4.32. The van der Waals surface area contributed by atoms with Crippen molar-refractivity contribution < 1.29 is 19.1 Å². The Morgan fingerprint density at radius 3 is 2.07 bits per heavy atom. The Balaban J connectivity index is 1.29. The Kier molecular flexibility index (Phi) is 10.8. The Labute approximate surface area is 277 Å². The molecule has 0 saturated heterocycles. The van der Waals surface area contributed by atoms with Gasteiger partial charge in [-0.25, -0.2) is 0 Å². The molecule has 5 aromatic carbocycles. The molecule has 2 N–H and O–H groups in total. The van der Waals surface area contributed by atoms with Gasteiger partial charge in [-0.05, 0) is 95.6 Å². The van der Waals surface area contributed by atoms with Crippen LogP contribution in [0.5, 0.6) is 5.75 Å². The van der Waals surface area contributed by atoms with Gasteiger partial charge in [-0.2, -0.15) is 0 Å². The minimum absolute atomic E-state index is 0.0368. The highest BCUT2D eigenvalue weighted by Gasteiger charge is 2.15. The summed E-state index contributed by atoms with van der Waals surface area (Å²) in [4.78, 5) is 39.1. The fourth-order valence-corrected chi connectivity index (χ4v) is 4.80.